The zero-order chi connectivity index (χ0) is 20.7. The second kappa shape index (κ2) is 7.69. The number of pyridine rings is 2. The molecule has 1 fully saturated rings. The Hall–Kier alpha value is -2.99. The van der Waals surface area contributed by atoms with Crippen molar-refractivity contribution in [3.05, 3.63) is 71.2 Å². The molecule has 0 radical (unpaired) electrons. The summed E-state index contributed by atoms with van der Waals surface area (Å²) in [5.41, 5.74) is 2.75. The first-order chi connectivity index (χ1) is 14.6. The van der Waals surface area contributed by atoms with Crippen LogP contribution in [0.4, 0.5) is 4.39 Å². The van der Waals surface area contributed by atoms with Crippen LogP contribution in [-0.2, 0) is 6.42 Å². The summed E-state index contributed by atoms with van der Waals surface area (Å²) in [6, 6.07) is 10.1. The monoisotopic (exact) mass is 422 g/mol. The largest absolute Gasteiger partial charge is 0.454 e. The molecule has 0 amide bonds. The van der Waals surface area contributed by atoms with E-state index in [4.69, 9.17) is 16.3 Å². The minimum atomic E-state index is -0.468. The van der Waals surface area contributed by atoms with Gasteiger partial charge in [-0.3, -0.25) is 9.38 Å². The number of aromatic nitrogens is 4. The Kier molecular flexibility index (Phi) is 4.87. The Morgan fingerprint density at radius 2 is 2.03 bits per heavy atom. The molecule has 5 rings (SSSR count). The molecule has 30 heavy (non-hydrogen) atoms. The van der Waals surface area contributed by atoms with Crippen LogP contribution in [0.2, 0.25) is 5.02 Å². The highest BCUT2D eigenvalue weighted by Crippen LogP contribution is 2.36. The number of ether oxygens (including phenoxy) is 1. The highest BCUT2D eigenvalue weighted by atomic mass is 35.5. The number of hydrogen-bond donors (Lipinski definition) is 0. The van der Waals surface area contributed by atoms with Gasteiger partial charge in [-0.15, -0.1) is 10.2 Å². The third kappa shape index (κ3) is 3.75. The number of rotatable bonds is 6. The summed E-state index contributed by atoms with van der Waals surface area (Å²) in [5, 5.41) is 9.03. The van der Waals surface area contributed by atoms with Gasteiger partial charge in [0.15, 0.2) is 17.2 Å². The maximum Gasteiger partial charge on any atom is 0.180 e. The first kappa shape index (κ1) is 19.0. The summed E-state index contributed by atoms with van der Waals surface area (Å²) in [4.78, 5) is 4.12. The summed E-state index contributed by atoms with van der Waals surface area (Å²) in [5.74, 6) is 1.95. The van der Waals surface area contributed by atoms with Gasteiger partial charge in [0.25, 0.3) is 0 Å². The highest BCUT2D eigenvalue weighted by Gasteiger charge is 2.22. The molecule has 1 aliphatic rings. The van der Waals surface area contributed by atoms with Crippen LogP contribution >= 0.6 is 11.6 Å². The molecule has 3 aromatic heterocycles. The lowest BCUT2D eigenvalue weighted by molar-refractivity contribution is 0.441. The Balaban J connectivity index is 1.43. The molecule has 0 saturated heterocycles. The standard InChI is InChI=1S/C23H20ClFN4O/c1-14-12-17(8-10-26-14)30-20-6-5-16(13-19(20)25)18-9-11-29-21(7-4-15-2-3-15)27-28-23(29)22(18)24/h5-6,8-13,15H,2-4,7H2,1H3. The van der Waals surface area contributed by atoms with Crippen LogP contribution in [0, 0.1) is 18.7 Å². The number of fused-ring (bicyclic) bond motifs is 1. The average molecular weight is 423 g/mol. The van der Waals surface area contributed by atoms with Crippen molar-refractivity contribution in [1.82, 2.24) is 19.6 Å². The van der Waals surface area contributed by atoms with E-state index in [0.29, 0.717) is 27.5 Å². The fourth-order valence-electron chi connectivity index (χ4n) is 3.57. The molecular formula is C23H20ClFN4O. The van der Waals surface area contributed by atoms with E-state index < -0.39 is 5.82 Å². The maximum absolute atomic E-state index is 14.7. The minimum absolute atomic E-state index is 0.145. The van der Waals surface area contributed by atoms with Crippen LogP contribution in [0.1, 0.15) is 30.8 Å². The van der Waals surface area contributed by atoms with Crippen molar-refractivity contribution in [2.75, 3.05) is 0 Å². The zero-order valence-electron chi connectivity index (χ0n) is 16.5. The van der Waals surface area contributed by atoms with Gasteiger partial charge >= 0.3 is 0 Å². The lowest BCUT2D eigenvalue weighted by atomic mass is 10.1. The first-order valence-corrected chi connectivity index (χ1v) is 10.4. The van der Waals surface area contributed by atoms with Crippen molar-refractivity contribution < 1.29 is 9.13 Å². The van der Waals surface area contributed by atoms with Crippen LogP contribution in [-0.4, -0.2) is 19.6 Å². The van der Waals surface area contributed by atoms with Gasteiger partial charge < -0.3 is 4.74 Å². The summed E-state index contributed by atoms with van der Waals surface area (Å²) in [6.45, 7) is 1.85. The van der Waals surface area contributed by atoms with E-state index in [-0.39, 0.29) is 5.75 Å². The molecule has 1 aliphatic carbocycles. The topological polar surface area (TPSA) is 52.3 Å². The molecule has 0 unspecified atom stereocenters. The fraction of sp³-hybridized carbons (Fsp3) is 0.261. The molecular weight excluding hydrogens is 403 g/mol. The van der Waals surface area contributed by atoms with Crippen molar-refractivity contribution in [1.29, 1.82) is 0 Å². The third-order valence-electron chi connectivity index (χ3n) is 5.40. The predicted octanol–water partition coefficient (Wildman–Crippen LogP) is 6.03. The van der Waals surface area contributed by atoms with Crippen molar-refractivity contribution in [3.8, 4) is 22.6 Å². The molecule has 1 aromatic carbocycles. The van der Waals surface area contributed by atoms with Crippen LogP contribution in [0.3, 0.4) is 0 Å². The Morgan fingerprint density at radius 1 is 1.17 bits per heavy atom. The minimum Gasteiger partial charge on any atom is -0.454 e. The zero-order valence-corrected chi connectivity index (χ0v) is 17.2. The smallest absolute Gasteiger partial charge is 0.180 e. The number of halogens is 2. The van der Waals surface area contributed by atoms with Crippen LogP contribution in [0.15, 0.2) is 48.8 Å². The van der Waals surface area contributed by atoms with E-state index in [1.807, 2.05) is 23.6 Å². The summed E-state index contributed by atoms with van der Waals surface area (Å²) < 4.78 is 22.3. The second-order valence-corrected chi connectivity index (χ2v) is 8.09. The number of aryl methyl sites for hydroxylation is 2. The van der Waals surface area contributed by atoms with Crippen LogP contribution in [0.5, 0.6) is 11.5 Å². The summed E-state index contributed by atoms with van der Waals surface area (Å²) in [6.07, 6.45) is 8.17. The lowest BCUT2D eigenvalue weighted by Gasteiger charge is -2.10. The van der Waals surface area contributed by atoms with E-state index in [2.05, 4.69) is 15.2 Å². The van der Waals surface area contributed by atoms with Gasteiger partial charge in [0.2, 0.25) is 0 Å². The number of hydrogen-bond acceptors (Lipinski definition) is 4. The quantitative estimate of drug-likeness (QED) is 0.381. The van der Waals surface area contributed by atoms with Gasteiger partial charge in [-0.25, -0.2) is 4.39 Å². The molecule has 0 N–H and O–H groups in total. The third-order valence-corrected chi connectivity index (χ3v) is 5.77. The average Bonchev–Trinajstić information content (AvgIpc) is 3.47. The second-order valence-electron chi connectivity index (χ2n) is 7.72. The number of nitrogens with zero attached hydrogens (tertiary/aromatic N) is 4. The predicted molar refractivity (Wildman–Crippen MR) is 113 cm³/mol. The molecule has 152 valence electrons. The van der Waals surface area contributed by atoms with Crippen molar-refractivity contribution in [2.45, 2.75) is 32.6 Å². The van der Waals surface area contributed by atoms with Gasteiger partial charge in [0.05, 0.1) is 5.02 Å². The van der Waals surface area contributed by atoms with E-state index in [9.17, 15) is 4.39 Å². The molecule has 0 spiro atoms. The Bertz CT molecular complexity index is 1240. The van der Waals surface area contributed by atoms with Crippen LogP contribution < -0.4 is 4.74 Å². The van der Waals surface area contributed by atoms with E-state index in [1.165, 1.54) is 18.9 Å². The van der Waals surface area contributed by atoms with Crippen molar-refractivity contribution in [2.24, 2.45) is 5.92 Å². The van der Waals surface area contributed by atoms with Gasteiger partial charge in [0, 0.05) is 36.1 Å². The van der Waals surface area contributed by atoms with E-state index in [0.717, 1.165) is 30.3 Å². The van der Waals surface area contributed by atoms with E-state index in [1.54, 1.807) is 30.5 Å². The summed E-state index contributed by atoms with van der Waals surface area (Å²) in [7, 11) is 0. The normalized spacial score (nSPS) is 13.7. The fourth-order valence-corrected chi connectivity index (χ4v) is 3.87. The molecule has 0 bridgehead atoms. The molecule has 0 atom stereocenters. The first-order valence-electron chi connectivity index (χ1n) is 10.0. The van der Waals surface area contributed by atoms with Gasteiger partial charge in [0.1, 0.15) is 11.6 Å². The molecule has 5 nitrogen and oxygen atoms in total. The highest BCUT2D eigenvalue weighted by molar-refractivity contribution is 6.36. The Morgan fingerprint density at radius 3 is 2.80 bits per heavy atom. The lowest BCUT2D eigenvalue weighted by Crippen LogP contribution is -1.97. The van der Waals surface area contributed by atoms with Gasteiger partial charge in [-0.05, 0) is 49.1 Å². The Labute approximate surface area is 178 Å². The van der Waals surface area contributed by atoms with Gasteiger partial charge in [-0.2, -0.15) is 0 Å². The van der Waals surface area contributed by atoms with Gasteiger partial charge in [-0.1, -0.05) is 30.5 Å². The molecule has 4 aromatic rings. The van der Waals surface area contributed by atoms with E-state index >= 15 is 0 Å². The van der Waals surface area contributed by atoms with Crippen LogP contribution in [0.25, 0.3) is 16.8 Å². The van der Waals surface area contributed by atoms with Crippen molar-refractivity contribution >= 4 is 17.2 Å². The number of benzene rings is 1. The molecule has 0 aliphatic heterocycles. The molecule has 1 saturated carbocycles. The van der Waals surface area contributed by atoms with Crippen molar-refractivity contribution in [3.63, 3.8) is 0 Å². The molecule has 7 heteroatoms. The summed E-state index contributed by atoms with van der Waals surface area (Å²) >= 11 is 6.62. The maximum atomic E-state index is 14.7. The SMILES string of the molecule is Cc1cc(Oc2ccc(-c3ccn4c(CCC5CC5)nnc4c3Cl)cc2F)ccn1. The molecule has 3 heterocycles.